The van der Waals surface area contributed by atoms with Crippen LogP contribution in [-0.2, 0) is 0 Å². The molecule has 1 heterocycles. The van der Waals surface area contributed by atoms with Crippen LogP contribution in [0.3, 0.4) is 0 Å². The minimum atomic E-state index is 0.0148. The lowest BCUT2D eigenvalue weighted by atomic mass is 9.90. The maximum atomic E-state index is 6.56. The summed E-state index contributed by atoms with van der Waals surface area (Å²) < 4.78 is 0. The number of allylic oxidation sites excluding steroid dienone is 1. The van der Waals surface area contributed by atoms with Crippen molar-refractivity contribution in [3.8, 4) is 0 Å². The molecule has 0 fully saturated rings. The molecule has 1 atom stereocenters. The molecule has 104 valence electrons. The van der Waals surface area contributed by atoms with Gasteiger partial charge in [0.15, 0.2) is 0 Å². The summed E-state index contributed by atoms with van der Waals surface area (Å²) in [6.07, 6.45) is 11.8. The quantitative estimate of drug-likeness (QED) is 0.812. The van der Waals surface area contributed by atoms with Gasteiger partial charge in [0.25, 0.3) is 0 Å². The average molecular weight is 266 g/mol. The number of aromatic nitrogens is 1. The molecule has 0 saturated carbocycles. The van der Waals surface area contributed by atoms with Gasteiger partial charge in [0.05, 0.1) is 11.6 Å². The molecular formula is C18H22N2. The second kappa shape index (κ2) is 6.19. The predicted molar refractivity (Wildman–Crippen MR) is 84.5 cm³/mol. The largest absolute Gasteiger partial charge is 0.321 e. The number of benzene rings is 1. The normalized spacial score (nSPS) is 20.8. The summed E-state index contributed by atoms with van der Waals surface area (Å²) in [7, 11) is 0. The highest BCUT2D eigenvalue weighted by Crippen LogP contribution is 2.30. The van der Waals surface area contributed by atoms with Crippen LogP contribution in [-0.4, -0.2) is 4.98 Å². The van der Waals surface area contributed by atoms with E-state index in [1.54, 1.807) is 0 Å². The first kappa shape index (κ1) is 13.3. The lowest BCUT2D eigenvalue weighted by Crippen LogP contribution is -2.14. The van der Waals surface area contributed by atoms with Gasteiger partial charge >= 0.3 is 0 Å². The predicted octanol–water partition coefficient (Wildman–Crippen LogP) is 4.52. The summed E-state index contributed by atoms with van der Waals surface area (Å²) >= 11 is 0. The third-order valence-electron chi connectivity index (χ3n) is 4.24. The minimum absolute atomic E-state index is 0.0148. The van der Waals surface area contributed by atoms with Gasteiger partial charge in [-0.3, -0.25) is 4.98 Å². The summed E-state index contributed by atoms with van der Waals surface area (Å²) in [5.41, 5.74) is 10.2. The average Bonchev–Trinajstić information content (AvgIpc) is 2.46. The van der Waals surface area contributed by atoms with Crippen molar-refractivity contribution in [1.29, 1.82) is 0 Å². The second-order valence-corrected chi connectivity index (χ2v) is 5.63. The molecule has 2 heteroatoms. The topological polar surface area (TPSA) is 38.9 Å². The number of nitrogens with zero attached hydrogens (tertiary/aromatic N) is 1. The first-order valence-corrected chi connectivity index (χ1v) is 7.64. The molecule has 0 saturated heterocycles. The van der Waals surface area contributed by atoms with Crippen LogP contribution in [0.4, 0.5) is 0 Å². The van der Waals surface area contributed by atoms with Crippen molar-refractivity contribution in [3.63, 3.8) is 0 Å². The SMILES string of the molecule is NC(/C1=C/CCCCCC1)c1cccc2ncccc12. The fourth-order valence-electron chi connectivity index (χ4n) is 3.10. The Bertz CT molecular complexity index is 610. The van der Waals surface area contributed by atoms with Crippen LogP contribution in [0.15, 0.2) is 48.2 Å². The van der Waals surface area contributed by atoms with Crippen molar-refractivity contribution in [1.82, 2.24) is 4.98 Å². The zero-order valence-electron chi connectivity index (χ0n) is 11.9. The Labute approximate surface area is 120 Å². The highest BCUT2D eigenvalue weighted by atomic mass is 14.7. The Kier molecular flexibility index (Phi) is 4.12. The number of hydrogen-bond donors (Lipinski definition) is 1. The van der Waals surface area contributed by atoms with E-state index in [0.29, 0.717) is 0 Å². The van der Waals surface area contributed by atoms with E-state index >= 15 is 0 Å². The monoisotopic (exact) mass is 266 g/mol. The maximum Gasteiger partial charge on any atom is 0.0705 e. The van der Waals surface area contributed by atoms with Crippen molar-refractivity contribution in [2.24, 2.45) is 5.73 Å². The molecule has 20 heavy (non-hydrogen) atoms. The molecule has 1 aliphatic rings. The number of fused-ring (bicyclic) bond motifs is 1. The van der Waals surface area contributed by atoms with Crippen molar-refractivity contribution in [3.05, 3.63) is 53.7 Å². The van der Waals surface area contributed by atoms with Crippen molar-refractivity contribution >= 4 is 10.9 Å². The molecular weight excluding hydrogens is 244 g/mol. The van der Waals surface area contributed by atoms with Crippen LogP contribution < -0.4 is 5.73 Å². The highest BCUT2D eigenvalue weighted by Gasteiger charge is 2.15. The number of rotatable bonds is 2. The van der Waals surface area contributed by atoms with E-state index in [4.69, 9.17) is 5.73 Å². The van der Waals surface area contributed by atoms with Gasteiger partial charge in [-0.2, -0.15) is 0 Å². The molecule has 0 radical (unpaired) electrons. The van der Waals surface area contributed by atoms with Gasteiger partial charge in [0.1, 0.15) is 0 Å². The van der Waals surface area contributed by atoms with E-state index < -0.39 is 0 Å². The first-order chi connectivity index (χ1) is 9.86. The van der Waals surface area contributed by atoms with Crippen molar-refractivity contribution < 1.29 is 0 Å². The van der Waals surface area contributed by atoms with Crippen LogP contribution in [0.1, 0.15) is 50.1 Å². The lowest BCUT2D eigenvalue weighted by molar-refractivity contribution is 0.603. The van der Waals surface area contributed by atoms with Crippen molar-refractivity contribution in [2.75, 3.05) is 0 Å². The summed E-state index contributed by atoms with van der Waals surface area (Å²) in [6.45, 7) is 0. The van der Waals surface area contributed by atoms with Gasteiger partial charge in [0.2, 0.25) is 0 Å². The fraction of sp³-hybridized carbons (Fsp3) is 0.389. The Hall–Kier alpha value is -1.67. The fourth-order valence-corrected chi connectivity index (χ4v) is 3.10. The van der Waals surface area contributed by atoms with Gasteiger partial charge in [-0.05, 0) is 43.4 Å². The molecule has 1 aromatic carbocycles. The van der Waals surface area contributed by atoms with E-state index in [2.05, 4.69) is 35.3 Å². The van der Waals surface area contributed by atoms with Crippen LogP contribution in [0.2, 0.25) is 0 Å². The molecule has 1 unspecified atom stereocenters. The van der Waals surface area contributed by atoms with E-state index in [1.807, 2.05) is 12.3 Å². The first-order valence-electron chi connectivity index (χ1n) is 7.64. The molecule has 2 nitrogen and oxygen atoms in total. The highest BCUT2D eigenvalue weighted by molar-refractivity contribution is 5.82. The Morgan fingerprint density at radius 3 is 2.85 bits per heavy atom. The lowest BCUT2D eigenvalue weighted by Gasteiger charge is -2.20. The minimum Gasteiger partial charge on any atom is -0.321 e. The summed E-state index contributed by atoms with van der Waals surface area (Å²) in [5.74, 6) is 0. The van der Waals surface area contributed by atoms with Gasteiger partial charge in [-0.15, -0.1) is 0 Å². The molecule has 0 bridgehead atoms. The van der Waals surface area contributed by atoms with E-state index in [9.17, 15) is 0 Å². The second-order valence-electron chi connectivity index (χ2n) is 5.63. The Morgan fingerprint density at radius 1 is 1.00 bits per heavy atom. The van der Waals surface area contributed by atoms with Gasteiger partial charge < -0.3 is 5.73 Å². The third-order valence-corrected chi connectivity index (χ3v) is 4.24. The molecule has 2 aromatic rings. The number of hydrogen-bond acceptors (Lipinski definition) is 2. The molecule has 0 aliphatic heterocycles. The molecule has 0 amide bonds. The van der Waals surface area contributed by atoms with Gasteiger partial charge in [0, 0.05) is 11.6 Å². The Morgan fingerprint density at radius 2 is 1.90 bits per heavy atom. The van der Waals surface area contributed by atoms with E-state index in [0.717, 1.165) is 11.9 Å². The van der Waals surface area contributed by atoms with Crippen LogP contribution >= 0.6 is 0 Å². The third kappa shape index (κ3) is 2.75. The number of nitrogens with two attached hydrogens (primary N) is 1. The zero-order valence-corrected chi connectivity index (χ0v) is 11.9. The molecule has 0 spiro atoms. The van der Waals surface area contributed by atoms with Crippen molar-refractivity contribution in [2.45, 2.75) is 44.6 Å². The van der Waals surface area contributed by atoms with Gasteiger partial charge in [-0.1, -0.05) is 42.7 Å². The molecule has 2 N–H and O–H groups in total. The van der Waals surface area contributed by atoms with Crippen LogP contribution in [0, 0.1) is 0 Å². The van der Waals surface area contributed by atoms with Crippen LogP contribution in [0.25, 0.3) is 10.9 Å². The smallest absolute Gasteiger partial charge is 0.0705 e. The molecule has 1 aromatic heterocycles. The summed E-state index contributed by atoms with van der Waals surface area (Å²) in [6, 6.07) is 10.4. The van der Waals surface area contributed by atoms with Gasteiger partial charge in [-0.25, -0.2) is 0 Å². The van der Waals surface area contributed by atoms with E-state index in [-0.39, 0.29) is 6.04 Å². The summed E-state index contributed by atoms with van der Waals surface area (Å²) in [5, 5.41) is 1.19. The maximum absolute atomic E-state index is 6.56. The van der Waals surface area contributed by atoms with Crippen LogP contribution in [0.5, 0.6) is 0 Å². The Balaban J connectivity index is 1.97. The molecule has 1 aliphatic carbocycles. The summed E-state index contributed by atoms with van der Waals surface area (Å²) in [4.78, 5) is 4.43. The number of pyridine rings is 1. The molecule has 3 rings (SSSR count). The zero-order chi connectivity index (χ0) is 13.8. The van der Waals surface area contributed by atoms with E-state index in [1.165, 1.54) is 48.6 Å². The standard InChI is InChI=1S/C18H22N2/c19-18(14-8-4-2-1-3-5-9-14)16-10-6-12-17-15(16)11-7-13-20-17/h6-8,10-13,18H,1-5,9,19H2/b14-8+.